The van der Waals surface area contributed by atoms with E-state index in [1.54, 1.807) is 6.07 Å². The van der Waals surface area contributed by atoms with E-state index >= 15 is 0 Å². The van der Waals surface area contributed by atoms with Gasteiger partial charge in [0, 0.05) is 17.8 Å². The summed E-state index contributed by atoms with van der Waals surface area (Å²) in [5.74, 6) is 5.16. The summed E-state index contributed by atoms with van der Waals surface area (Å²) in [4.78, 5) is 27.3. The summed E-state index contributed by atoms with van der Waals surface area (Å²) in [5, 5.41) is 5.14. The van der Waals surface area contributed by atoms with Gasteiger partial charge < -0.3 is 16.1 Å². The maximum atomic E-state index is 11.9. The van der Waals surface area contributed by atoms with Crippen molar-refractivity contribution in [3.8, 4) is 0 Å². The summed E-state index contributed by atoms with van der Waals surface area (Å²) in [6, 6.07) is 3.21. The Bertz CT molecular complexity index is 439. The van der Waals surface area contributed by atoms with Crippen LogP contribution in [0.3, 0.4) is 0 Å². The van der Waals surface area contributed by atoms with Gasteiger partial charge in [0.25, 0.3) is 5.91 Å². The minimum Gasteiger partial charge on any atom is -0.355 e. The predicted octanol–water partition coefficient (Wildman–Crippen LogP) is -0.204. The maximum Gasteiger partial charge on any atom is 0.251 e. The third-order valence-corrected chi connectivity index (χ3v) is 2.43. The molecule has 1 aromatic heterocycles. The average molecular weight is 265 g/mol. The van der Waals surface area contributed by atoms with Crippen molar-refractivity contribution in [1.82, 2.24) is 15.6 Å². The molecule has 0 unspecified atom stereocenters. The molecular formula is C12H19N5O2. The van der Waals surface area contributed by atoms with E-state index in [2.05, 4.69) is 21.0 Å². The van der Waals surface area contributed by atoms with Gasteiger partial charge in [-0.1, -0.05) is 6.92 Å². The third-order valence-electron chi connectivity index (χ3n) is 2.43. The van der Waals surface area contributed by atoms with Crippen LogP contribution in [0, 0.1) is 0 Å². The molecule has 19 heavy (non-hydrogen) atoms. The minimum atomic E-state index is -0.333. The van der Waals surface area contributed by atoms with Crippen molar-refractivity contribution in [2.45, 2.75) is 20.3 Å². The van der Waals surface area contributed by atoms with Crippen LogP contribution in [0.4, 0.5) is 5.82 Å². The molecule has 0 aliphatic carbocycles. The number of anilines is 1. The number of nitrogens with zero attached hydrogens (tertiary/aromatic N) is 1. The molecule has 1 rings (SSSR count). The summed E-state index contributed by atoms with van der Waals surface area (Å²) in [6.07, 6.45) is 0.687. The zero-order chi connectivity index (χ0) is 14.3. The van der Waals surface area contributed by atoms with Crippen molar-refractivity contribution in [2.24, 2.45) is 5.84 Å². The van der Waals surface area contributed by atoms with E-state index in [1.165, 1.54) is 6.07 Å². The van der Waals surface area contributed by atoms with Crippen LogP contribution in [-0.2, 0) is 11.2 Å². The largest absolute Gasteiger partial charge is 0.355 e. The van der Waals surface area contributed by atoms with Gasteiger partial charge in [0.15, 0.2) is 0 Å². The summed E-state index contributed by atoms with van der Waals surface area (Å²) < 4.78 is 0. The number of hydrogen-bond donors (Lipinski definition) is 4. The number of rotatable bonds is 6. The molecule has 7 nitrogen and oxygen atoms in total. The lowest BCUT2D eigenvalue weighted by Gasteiger charge is -2.08. The molecule has 0 saturated carbocycles. The lowest BCUT2D eigenvalue weighted by atomic mass is 10.2. The molecule has 0 aliphatic heterocycles. The van der Waals surface area contributed by atoms with Crippen LogP contribution in [0.1, 0.15) is 29.9 Å². The number of nitrogens with one attached hydrogen (secondary N) is 3. The Morgan fingerprint density at radius 1 is 1.26 bits per heavy atom. The van der Waals surface area contributed by atoms with Gasteiger partial charge in [0.05, 0.1) is 6.54 Å². The van der Waals surface area contributed by atoms with Gasteiger partial charge in [-0.15, -0.1) is 0 Å². The first-order chi connectivity index (χ1) is 9.10. The highest BCUT2D eigenvalue weighted by atomic mass is 16.2. The number of aromatic nitrogens is 1. The number of carbonyl (C=O) groups excluding carboxylic acids is 2. The number of aryl methyl sites for hydroxylation is 1. The zero-order valence-corrected chi connectivity index (χ0v) is 11.1. The molecule has 0 aliphatic rings. The van der Waals surface area contributed by atoms with Gasteiger partial charge in [-0.05, 0) is 25.5 Å². The van der Waals surface area contributed by atoms with Gasteiger partial charge in [-0.25, -0.2) is 10.8 Å². The summed E-state index contributed by atoms with van der Waals surface area (Å²) in [6.45, 7) is 4.22. The number of hydrogen-bond acceptors (Lipinski definition) is 5. The second kappa shape index (κ2) is 7.32. The van der Waals surface area contributed by atoms with E-state index in [4.69, 9.17) is 5.84 Å². The standard InChI is InChI=1S/C12H19N5O2/c1-3-9-5-8(6-10(16-9)17-13)12(19)15-7-11(18)14-4-2/h5-6H,3-4,7,13H2,1-2H3,(H,14,18)(H,15,19)(H,16,17). The SMILES string of the molecule is CCNC(=O)CNC(=O)c1cc(CC)nc(NN)c1. The molecule has 0 spiro atoms. The van der Waals surface area contributed by atoms with E-state index in [0.29, 0.717) is 24.3 Å². The number of hydrazine groups is 1. The van der Waals surface area contributed by atoms with Gasteiger partial charge in [-0.3, -0.25) is 9.59 Å². The lowest BCUT2D eigenvalue weighted by Crippen LogP contribution is -2.36. The van der Waals surface area contributed by atoms with Crippen LogP contribution in [0.15, 0.2) is 12.1 Å². The first-order valence-corrected chi connectivity index (χ1v) is 6.13. The van der Waals surface area contributed by atoms with Crippen molar-refractivity contribution in [2.75, 3.05) is 18.5 Å². The van der Waals surface area contributed by atoms with E-state index in [-0.39, 0.29) is 18.4 Å². The fourth-order valence-electron chi connectivity index (χ4n) is 1.50. The molecular weight excluding hydrogens is 246 g/mol. The number of amides is 2. The average Bonchev–Trinajstić information content (AvgIpc) is 2.44. The Balaban J connectivity index is 2.73. The van der Waals surface area contributed by atoms with Crippen LogP contribution in [0.2, 0.25) is 0 Å². The van der Waals surface area contributed by atoms with Crippen molar-refractivity contribution in [3.05, 3.63) is 23.4 Å². The molecule has 2 amide bonds. The number of nitrogen functional groups attached to an aromatic ring is 1. The molecule has 0 radical (unpaired) electrons. The minimum absolute atomic E-state index is 0.0537. The quantitative estimate of drug-likeness (QED) is 0.420. The highest BCUT2D eigenvalue weighted by Gasteiger charge is 2.10. The Hall–Kier alpha value is -2.15. The first-order valence-electron chi connectivity index (χ1n) is 6.13. The Labute approximate surface area is 111 Å². The van der Waals surface area contributed by atoms with Crippen LogP contribution in [0.25, 0.3) is 0 Å². The van der Waals surface area contributed by atoms with Crippen molar-refractivity contribution in [3.63, 3.8) is 0 Å². The van der Waals surface area contributed by atoms with E-state index < -0.39 is 0 Å². The highest BCUT2D eigenvalue weighted by Crippen LogP contribution is 2.10. The molecule has 0 aromatic carbocycles. The maximum absolute atomic E-state index is 11.9. The van der Waals surface area contributed by atoms with Gasteiger partial charge >= 0.3 is 0 Å². The molecule has 0 atom stereocenters. The second-order valence-electron chi connectivity index (χ2n) is 3.87. The fourth-order valence-corrected chi connectivity index (χ4v) is 1.50. The number of pyridine rings is 1. The third kappa shape index (κ3) is 4.55. The zero-order valence-electron chi connectivity index (χ0n) is 11.1. The molecule has 0 fully saturated rings. The van der Waals surface area contributed by atoms with Gasteiger partial charge in [-0.2, -0.15) is 0 Å². The molecule has 104 valence electrons. The molecule has 0 bridgehead atoms. The summed E-state index contributed by atoms with van der Waals surface area (Å²) >= 11 is 0. The van der Waals surface area contributed by atoms with E-state index in [1.807, 2.05) is 13.8 Å². The van der Waals surface area contributed by atoms with Crippen molar-refractivity contribution < 1.29 is 9.59 Å². The predicted molar refractivity (Wildman–Crippen MR) is 72.4 cm³/mol. The normalized spacial score (nSPS) is 9.84. The molecule has 0 saturated heterocycles. The Morgan fingerprint density at radius 3 is 2.58 bits per heavy atom. The second-order valence-corrected chi connectivity index (χ2v) is 3.87. The van der Waals surface area contributed by atoms with Crippen LogP contribution < -0.4 is 21.9 Å². The van der Waals surface area contributed by atoms with Crippen molar-refractivity contribution >= 4 is 17.6 Å². The summed E-state index contributed by atoms with van der Waals surface area (Å²) in [7, 11) is 0. The molecule has 1 heterocycles. The van der Waals surface area contributed by atoms with Gasteiger partial charge in [0.1, 0.15) is 5.82 Å². The Morgan fingerprint density at radius 2 is 2.00 bits per heavy atom. The van der Waals surface area contributed by atoms with Crippen LogP contribution in [0.5, 0.6) is 0 Å². The van der Waals surface area contributed by atoms with Crippen LogP contribution >= 0.6 is 0 Å². The fraction of sp³-hybridized carbons (Fsp3) is 0.417. The highest BCUT2D eigenvalue weighted by molar-refractivity contribution is 5.97. The lowest BCUT2D eigenvalue weighted by molar-refractivity contribution is -0.120. The first kappa shape index (κ1) is 14.9. The molecule has 7 heteroatoms. The topological polar surface area (TPSA) is 109 Å². The van der Waals surface area contributed by atoms with Gasteiger partial charge in [0.2, 0.25) is 5.91 Å². The monoisotopic (exact) mass is 265 g/mol. The van der Waals surface area contributed by atoms with Crippen molar-refractivity contribution in [1.29, 1.82) is 0 Å². The molecule has 1 aromatic rings. The summed E-state index contributed by atoms with van der Waals surface area (Å²) in [5.41, 5.74) is 3.58. The number of likely N-dealkylation sites (N-methyl/N-ethyl adjacent to an activating group) is 1. The van der Waals surface area contributed by atoms with E-state index in [0.717, 1.165) is 5.69 Å². The van der Waals surface area contributed by atoms with E-state index in [9.17, 15) is 9.59 Å². The Kier molecular flexibility index (Phi) is 5.74. The molecule has 5 N–H and O–H groups in total. The smallest absolute Gasteiger partial charge is 0.251 e. The van der Waals surface area contributed by atoms with Crippen LogP contribution in [-0.4, -0.2) is 29.9 Å². The number of nitrogens with two attached hydrogens (primary N) is 1. The number of carbonyl (C=O) groups is 2.